The van der Waals surface area contributed by atoms with Crippen molar-refractivity contribution in [1.82, 2.24) is 4.98 Å². The number of carboxylic acids is 1. The highest BCUT2D eigenvalue weighted by Gasteiger charge is 2.15. The lowest BCUT2D eigenvalue weighted by atomic mass is 9.93. The van der Waals surface area contributed by atoms with E-state index in [0.717, 1.165) is 35.5 Å². The quantitative estimate of drug-likeness (QED) is 0.577. The number of phenolic OH excluding ortho intramolecular Hbond substituents is 1. The number of para-hydroxylation sites is 1. The monoisotopic (exact) mass is 392 g/mol. The Morgan fingerprint density at radius 3 is 2.69 bits per heavy atom. The first-order valence-corrected chi connectivity index (χ1v) is 9.43. The molecular weight excluding hydrogens is 368 g/mol. The average Bonchev–Trinajstić information content (AvgIpc) is 2.74. The van der Waals surface area contributed by atoms with Gasteiger partial charge in [-0.2, -0.15) is 0 Å². The van der Waals surface area contributed by atoms with Crippen molar-refractivity contribution in [3.8, 4) is 11.5 Å². The summed E-state index contributed by atoms with van der Waals surface area (Å²) in [6.45, 7) is 0. The van der Waals surface area contributed by atoms with Crippen molar-refractivity contribution in [3.63, 3.8) is 0 Å². The smallest absolute Gasteiger partial charge is 0.328 e. The molecule has 0 spiro atoms. The number of rotatable bonds is 3. The molecule has 2 aromatic carbocycles. The number of nitrogens with two attached hydrogens (primary N) is 1. The lowest BCUT2D eigenvalue weighted by molar-refractivity contribution is -0.131. The molecule has 29 heavy (non-hydrogen) atoms. The van der Waals surface area contributed by atoms with Gasteiger partial charge in [-0.05, 0) is 61.1 Å². The molecule has 0 atom stereocenters. The molecule has 0 aliphatic heterocycles. The first-order valence-electron chi connectivity index (χ1n) is 9.43. The lowest BCUT2D eigenvalue weighted by Crippen LogP contribution is -2.09. The van der Waals surface area contributed by atoms with E-state index in [-0.39, 0.29) is 5.75 Å². The summed E-state index contributed by atoms with van der Waals surface area (Å²) < 4.78 is 4.86. The van der Waals surface area contributed by atoms with Crippen molar-refractivity contribution in [3.05, 3.63) is 65.4 Å². The van der Waals surface area contributed by atoms with Crippen LogP contribution in [0.15, 0.2) is 48.5 Å². The van der Waals surface area contributed by atoms with Gasteiger partial charge in [-0.25, -0.2) is 4.79 Å². The molecule has 6 heteroatoms. The van der Waals surface area contributed by atoms with Crippen LogP contribution < -0.4 is 10.5 Å². The fourth-order valence-corrected chi connectivity index (χ4v) is 3.38. The molecule has 4 N–H and O–H groups in total. The number of benzene rings is 2. The molecule has 0 saturated carbocycles. The van der Waals surface area contributed by atoms with Crippen LogP contribution in [0.1, 0.15) is 29.7 Å². The number of aromatic nitrogens is 1. The molecule has 0 saturated heterocycles. The van der Waals surface area contributed by atoms with E-state index in [0.29, 0.717) is 11.3 Å². The third kappa shape index (κ3) is 4.85. The van der Waals surface area contributed by atoms with E-state index < -0.39 is 5.97 Å². The molecule has 0 radical (unpaired) electrons. The summed E-state index contributed by atoms with van der Waals surface area (Å²) in [5, 5.41) is 18.7. The third-order valence-electron chi connectivity index (χ3n) is 4.84. The minimum atomic E-state index is -1.02. The number of aryl methyl sites for hydroxylation is 1. The van der Waals surface area contributed by atoms with Gasteiger partial charge in [0, 0.05) is 22.8 Å². The number of hydrogen-bond acceptors (Lipinski definition) is 5. The maximum atomic E-state index is 10.2. The number of nitrogen functional groups attached to an aromatic ring is 1. The minimum absolute atomic E-state index is 0.0278. The van der Waals surface area contributed by atoms with E-state index in [9.17, 15) is 9.90 Å². The van der Waals surface area contributed by atoms with Gasteiger partial charge in [-0.1, -0.05) is 24.3 Å². The van der Waals surface area contributed by atoms with Crippen LogP contribution in [0.4, 0.5) is 5.69 Å². The second-order valence-electron chi connectivity index (χ2n) is 6.78. The normalized spacial score (nSPS) is 12.9. The number of carbonyl (C=O) groups is 1. The zero-order chi connectivity index (χ0) is 20.8. The summed E-state index contributed by atoms with van der Waals surface area (Å²) in [5.41, 5.74) is 11.4. The number of carboxylic acid groups (broad SMARTS) is 1. The summed E-state index contributed by atoms with van der Waals surface area (Å²) >= 11 is 0. The second kappa shape index (κ2) is 9.10. The Morgan fingerprint density at radius 2 is 1.93 bits per heavy atom. The van der Waals surface area contributed by atoms with Gasteiger partial charge in [0.1, 0.15) is 0 Å². The Hall–Kier alpha value is -3.54. The molecule has 0 amide bonds. The highest BCUT2D eigenvalue weighted by Crippen LogP contribution is 2.30. The fourth-order valence-electron chi connectivity index (χ4n) is 3.38. The van der Waals surface area contributed by atoms with Crippen molar-refractivity contribution < 1.29 is 19.7 Å². The van der Waals surface area contributed by atoms with Gasteiger partial charge in [0.15, 0.2) is 11.5 Å². The Kier molecular flexibility index (Phi) is 6.34. The van der Waals surface area contributed by atoms with Crippen molar-refractivity contribution in [2.24, 2.45) is 0 Å². The highest BCUT2D eigenvalue weighted by atomic mass is 16.5. The van der Waals surface area contributed by atoms with Crippen LogP contribution in [0.3, 0.4) is 0 Å². The molecule has 1 heterocycles. The molecule has 1 aliphatic rings. The van der Waals surface area contributed by atoms with Gasteiger partial charge in [-0.3, -0.25) is 4.98 Å². The second-order valence-corrected chi connectivity index (χ2v) is 6.78. The standard InChI is InChI=1S/C13H14N2.C10H10O4/c14-13-9-5-1-3-7-11(9)15-12-8-4-2-6-10(12)13;1-14-9-6-7(2-4-8(9)11)3-5-10(12)13/h1,3,5,7H,2,4,6,8H2,(H2,14,15);2-6,11H,1H3,(H,12,13)/b;5-3+. The van der Waals surface area contributed by atoms with Gasteiger partial charge in [0.05, 0.1) is 12.6 Å². The molecule has 0 bridgehead atoms. The number of anilines is 1. The van der Waals surface area contributed by atoms with Crippen LogP contribution >= 0.6 is 0 Å². The van der Waals surface area contributed by atoms with Crippen molar-refractivity contribution in [2.45, 2.75) is 25.7 Å². The fraction of sp³-hybridized carbons (Fsp3) is 0.217. The zero-order valence-electron chi connectivity index (χ0n) is 16.3. The molecule has 6 nitrogen and oxygen atoms in total. The maximum absolute atomic E-state index is 10.2. The number of ether oxygens (including phenoxy) is 1. The molecule has 1 aromatic heterocycles. The lowest BCUT2D eigenvalue weighted by Gasteiger charge is -2.18. The Balaban J connectivity index is 0.000000166. The Morgan fingerprint density at radius 1 is 1.17 bits per heavy atom. The Bertz CT molecular complexity index is 1060. The van der Waals surface area contributed by atoms with E-state index in [1.165, 1.54) is 43.4 Å². The van der Waals surface area contributed by atoms with E-state index in [2.05, 4.69) is 6.07 Å². The molecule has 0 fully saturated rings. The molecular formula is C23H24N2O4. The largest absolute Gasteiger partial charge is 0.504 e. The van der Waals surface area contributed by atoms with E-state index >= 15 is 0 Å². The highest BCUT2D eigenvalue weighted by molar-refractivity contribution is 5.92. The topological polar surface area (TPSA) is 106 Å². The molecule has 4 rings (SSSR count). The Labute approximate surface area is 169 Å². The van der Waals surface area contributed by atoms with Crippen LogP contribution in [0.5, 0.6) is 11.5 Å². The summed E-state index contributed by atoms with van der Waals surface area (Å²) in [6.07, 6.45) is 7.12. The number of hydrogen-bond donors (Lipinski definition) is 3. The van der Waals surface area contributed by atoms with E-state index in [4.69, 9.17) is 20.6 Å². The van der Waals surface area contributed by atoms with Crippen LogP contribution in [-0.4, -0.2) is 28.3 Å². The first kappa shape index (κ1) is 20.2. The van der Waals surface area contributed by atoms with Gasteiger partial charge >= 0.3 is 5.97 Å². The number of aliphatic carboxylic acids is 1. The van der Waals surface area contributed by atoms with E-state index in [1.807, 2.05) is 18.2 Å². The van der Waals surface area contributed by atoms with E-state index in [1.54, 1.807) is 12.1 Å². The summed E-state index contributed by atoms with van der Waals surface area (Å²) in [4.78, 5) is 14.9. The van der Waals surface area contributed by atoms with Crippen molar-refractivity contribution in [2.75, 3.05) is 12.8 Å². The summed E-state index contributed by atoms with van der Waals surface area (Å²) in [6, 6.07) is 12.7. The first-order chi connectivity index (χ1) is 14.0. The summed E-state index contributed by atoms with van der Waals surface area (Å²) in [5.74, 6) is -0.672. The van der Waals surface area contributed by atoms with Crippen LogP contribution in [0, 0.1) is 0 Å². The maximum Gasteiger partial charge on any atom is 0.328 e. The SMILES string of the molecule is COc1cc(/C=C/C(=O)O)ccc1O.Nc1c2c(nc3ccccc13)CCCC2. The summed E-state index contributed by atoms with van der Waals surface area (Å²) in [7, 11) is 1.43. The number of nitrogens with zero attached hydrogens (tertiary/aromatic N) is 1. The van der Waals surface area contributed by atoms with Crippen LogP contribution in [-0.2, 0) is 17.6 Å². The number of fused-ring (bicyclic) bond motifs is 2. The van der Waals surface area contributed by atoms with Crippen molar-refractivity contribution in [1.29, 1.82) is 0 Å². The molecule has 3 aromatic rings. The number of aromatic hydroxyl groups is 1. The number of methoxy groups -OCH3 is 1. The third-order valence-corrected chi connectivity index (χ3v) is 4.84. The molecule has 150 valence electrons. The van der Waals surface area contributed by atoms with Gasteiger partial charge < -0.3 is 20.7 Å². The molecule has 0 unspecified atom stereocenters. The van der Waals surface area contributed by atoms with Crippen LogP contribution in [0.2, 0.25) is 0 Å². The van der Waals surface area contributed by atoms with Gasteiger partial charge in [0.25, 0.3) is 0 Å². The predicted octanol–water partition coefficient (Wildman–Crippen LogP) is 4.19. The van der Waals surface area contributed by atoms with Gasteiger partial charge in [0.2, 0.25) is 0 Å². The average molecular weight is 392 g/mol. The molecule has 1 aliphatic carbocycles. The number of phenols is 1. The van der Waals surface area contributed by atoms with Gasteiger partial charge in [-0.15, -0.1) is 0 Å². The minimum Gasteiger partial charge on any atom is -0.504 e. The number of pyridine rings is 1. The van der Waals surface area contributed by atoms with Crippen LogP contribution in [0.25, 0.3) is 17.0 Å². The predicted molar refractivity (Wildman–Crippen MR) is 114 cm³/mol. The van der Waals surface area contributed by atoms with Crippen molar-refractivity contribution >= 4 is 28.6 Å². The zero-order valence-corrected chi connectivity index (χ0v) is 16.3.